The van der Waals surface area contributed by atoms with Crippen LogP contribution < -0.4 is 5.32 Å². The molecule has 1 N–H and O–H groups in total. The Balaban J connectivity index is 1.87. The first-order valence-corrected chi connectivity index (χ1v) is 7.53. The summed E-state index contributed by atoms with van der Waals surface area (Å²) in [6.45, 7) is 6.28. The number of nitrogens with one attached hydrogen (secondary N) is 1. The maximum Gasteiger partial charge on any atom is 0.309 e. The van der Waals surface area contributed by atoms with E-state index in [1.165, 1.54) is 19.3 Å². The van der Waals surface area contributed by atoms with E-state index >= 15 is 0 Å². The molecule has 1 saturated carbocycles. The van der Waals surface area contributed by atoms with Crippen molar-refractivity contribution in [2.45, 2.75) is 64.4 Å². The second-order valence-electron chi connectivity index (χ2n) is 6.38. The van der Waals surface area contributed by atoms with Crippen molar-refractivity contribution >= 4 is 5.97 Å². The molecule has 1 aliphatic heterocycles. The fourth-order valence-corrected chi connectivity index (χ4v) is 3.28. The first kappa shape index (κ1) is 13.9. The molecule has 3 nitrogen and oxygen atoms in total. The fraction of sp³-hybridized carbons (Fsp3) is 0.933. The Morgan fingerprint density at radius 1 is 1.06 bits per heavy atom. The molecule has 3 heteroatoms. The van der Waals surface area contributed by atoms with E-state index in [-0.39, 0.29) is 17.5 Å². The Morgan fingerprint density at radius 3 is 2.28 bits per heavy atom. The third-order valence-electron chi connectivity index (χ3n) is 4.62. The Hall–Kier alpha value is -0.570. The lowest BCUT2D eigenvalue weighted by atomic mass is 9.83. The summed E-state index contributed by atoms with van der Waals surface area (Å²) in [5.41, 5.74) is -0.295. The van der Waals surface area contributed by atoms with Gasteiger partial charge in [-0.1, -0.05) is 19.3 Å². The molecule has 18 heavy (non-hydrogen) atoms. The van der Waals surface area contributed by atoms with E-state index in [1.54, 1.807) is 0 Å². The summed E-state index contributed by atoms with van der Waals surface area (Å²) in [4.78, 5) is 12.2. The monoisotopic (exact) mass is 253 g/mol. The molecule has 2 aliphatic rings. The first-order chi connectivity index (χ1) is 8.59. The quantitative estimate of drug-likeness (QED) is 0.786. The second kappa shape index (κ2) is 6.05. The highest BCUT2D eigenvalue weighted by molar-refractivity contribution is 5.73. The lowest BCUT2D eigenvalue weighted by Gasteiger charge is -2.38. The predicted molar refractivity (Wildman–Crippen MR) is 72.3 cm³/mol. The summed E-state index contributed by atoms with van der Waals surface area (Å²) in [5, 5.41) is 3.36. The Kier molecular flexibility index (Phi) is 4.66. The molecule has 1 heterocycles. The molecule has 0 amide bonds. The highest BCUT2D eigenvalue weighted by Gasteiger charge is 2.36. The van der Waals surface area contributed by atoms with Crippen molar-refractivity contribution in [2.75, 3.05) is 13.1 Å². The molecule has 0 unspecified atom stereocenters. The number of rotatable bonds is 3. The topological polar surface area (TPSA) is 38.3 Å². The second-order valence-corrected chi connectivity index (χ2v) is 6.38. The van der Waals surface area contributed by atoms with Gasteiger partial charge in [0.25, 0.3) is 0 Å². The molecule has 104 valence electrons. The molecule has 2 rings (SSSR count). The highest BCUT2D eigenvalue weighted by Crippen LogP contribution is 2.32. The Morgan fingerprint density at radius 2 is 1.67 bits per heavy atom. The van der Waals surface area contributed by atoms with Gasteiger partial charge in [0.15, 0.2) is 0 Å². The van der Waals surface area contributed by atoms with Crippen LogP contribution in [-0.2, 0) is 9.53 Å². The minimum absolute atomic E-state index is 0.0539. The molecule has 1 saturated heterocycles. The molecule has 2 fully saturated rings. The van der Waals surface area contributed by atoms with Gasteiger partial charge >= 0.3 is 5.97 Å². The van der Waals surface area contributed by atoms with Gasteiger partial charge in [-0.25, -0.2) is 0 Å². The minimum atomic E-state index is -0.295. The van der Waals surface area contributed by atoms with Gasteiger partial charge in [-0.15, -0.1) is 0 Å². The van der Waals surface area contributed by atoms with Crippen LogP contribution in [0.2, 0.25) is 0 Å². The van der Waals surface area contributed by atoms with E-state index in [0.29, 0.717) is 5.92 Å². The van der Waals surface area contributed by atoms with Crippen LogP contribution in [0.1, 0.15) is 58.8 Å². The normalized spacial score (nSPS) is 23.9. The van der Waals surface area contributed by atoms with Gasteiger partial charge in [-0.3, -0.25) is 4.79 Å². The fourth-order valence-electron chi connectivity index (χ4n) is 3.28. The number of carbonyl (C=O) groups excluding carboxylic acids is 1. The first-order valence-electron chi connectivity index (χ1n) is 7.53. The summed E-state index contributed by atoms with van der Waals surface area (Å²) in [6, 6.07) is 0. The molecule has 0 aromatic rings. The number of carbonyl (C=O) groups is 1. The molecule has 0 atom stereocenters. The summed E-state index contributed by atoms with van der Waals surface area (Å²) < 4.78 is 5.85. The Labute approximate surface area is 111 Å². The van der Waals surface area contributed by atoms with Gasteiger partial charge in [0.05, 0.1) is 5.92 Å². The van der Waals surface area contributed by atoms with E-state index in [9.17, 15) is 4.79 Å². The lowest BCUT2D eigenvalue weighted by Crippen LogP contribution is -2.43. The zero-order valence-corrected chi connectivity index (χ0v) is 11.8. The highest BCUT2D eigenvalue weighted by atomic mass is 16.6. The van der Waals surface area contributed by atoms with Gasteiger partial charge in [0, 0.05) is 5.92 Å². The van der Waals surface area contributed by atoms with Crippen LogP contribution in [0.25, 0.3) is 0 Å². The summed E-state index contributed by atoms with van der Waals surface area (Å²) >= 11 is 0. The number of esters is 1. The van der Waals surface area contributed by atoms with Crippen LogP contribution in [0.5, 0.6) is 0 Å². The molecule has 0 aromatic heterocycles. The standard InChI is InChI=1S/C15H27NO2/c1-15(2,13-8-10-16-11-9-13)18-14(17)12-6-4-3-5-7-12/h12-13,16H,3-11H2,1-2H3. The van der Waals surface area contributed by atoms with Crippen molar-refractivity contribution in [3.05, 3.63) is 0 Å². The molecule has 0 aromatic carbocycles. The summed E-state index contributed by atoms with van der Waals surface area (Å²) in [6.07, 6.45) is 7.95. The van der Waals surface area contributed by atoms with Crippen LogP contribution in [0, 0.1) is 11.8 Å². The van der Waals surface area contributed by atoms with Gasteiger partial charge in [0.2, 0.25) is 0 Å². The molecular formula is C15H27NO2. The van der Waals surface area contributed by atoms with E-state index in [2.05, 4.69) is 19.2 Å². The molecule has 0 radical (unpaired) electrons. The Bertz CT molecular complexity index is 276. The van der Waals surface area contributed by atoms with E-state index in [1.807, 2.05) is 0 Å². The van der Waals surface area contributed by atoms with Crippen LogP contribution in [-0.4, -0.2) is 24.7 Å². The minimum Gasteiger partial charge on any atom is -0.459 e. The molecule has 1 aliphatic carbocycles. The molecular weight excluding hydrogens is 226 g/mol. The predicted octanol–water partition coefficient (Wildman–Crippen LogP) is 2.89. The van der Waals surface area contributed by atoms with Crippen molar-refractivity contribution in [3.63, 3.8) is 0 Å². The third-order valence-corrected chi connectivity index (χ3v) is 4.62. The van der Waals surface area contributed by atoms with Crippen molar-refractivity contribution in [2.24, 2.45) is 11.8 Å². The number of piperidine rings is 1. The van der Waals surface area contributed by atoms with Crippen LogP contribution >= 0.6 is 0 Å². The maximum atomic E-state index is 12.2. The zero-order chi connectivity index (χ0) is 13.0. The summed E-state index contributed by atoms with van der Waals surface area (Å²) in [7, 11) is 0. The summed E-state index contributed by atoms with van der Waals surface area (Å²) in [5.74, 6) is 0.726. The van der Waals surface area contributed by atoms with Gasteiger partial charge in [-0.05, 0) is 52.6 Å². The molecule has 0 spiro atoms. The van der Waals surface area contributed by atoms with Crippen molar-refractivity contribution in [1.82, 2.24) is 5.32 Å². The lowest BCUT2D eigenvalue weighted by molar-refractivity contribution is -0.169. The van der Waals surface area contributed by atoms with Gasteiger partial charge < -0.3 is 10.1 Å². The van der Waals surface area contributed by atoms with Crippen LogP contribution in [0.3, 0.4) is 0 Å². The average Bonchev–Trinajstić information content (AvgIpc) is 2.40. The molecule has 0 bridgehead atoms. The average molecular weight is 253 g/mol. The van der Waals surface area contributed by atoms with Crippen molar-refractivity contribution in [3.8, 4) is 0 Å². The maximum absolute atomic E-state index is 12.2. The van der Waals surface area contributed by atoms with Gasteiger partial charge in [-0.2, -0.15) is 0 Å². The van der Waals surface area contributed by atoms with Crippen LogP contribution in [0.4, 0.5) is 0 Å². The van der Waals surface area contributed by atoms with Gasteiger partial charge in [0.1, 0.15) is 5.60 Å². The zero-order valence-electron chi connectivity index (χ0n) is 11.8. The van der Waals surface area contributed by atoms with E-state index in [4.69, 9.17) is 4.74 Å². The van der Waals surface area contributed by atoms with E-state index in [0.717, 1.165) is 38.8 Å². The van der Waals surface area contributed by atoms with Crippen molar-refractivity contribution in [1.29, 1.82) is 0 Å². The largest absolute Gasteiger partial charge is 0.459 e. The number of hydrogen-bond acceptors (Lipinski definition) is 3. The van der Waals surface area contributed by atoms with E-state index < -0.39 is 0 Å². The van der Waals surface area contributed by atoms with Crippen LogP contribution in [0.15, 0.2) is 0 Å². The number of hydrogen-bond donors (Lipinski definition) is 1. The number of ether oxygens (including phenoxy) is 1. The SMILES string of the molecule is CC(C)(OC(=O)C1CCCCC1)C1CCNCC1. The third kappa shape index (κ3) is 3.47. The van der Waals surface area contributed by atoms with Crippen molar-refractivity contribution < 1.29 is 9.53 Å². The smallest absolute Gasteiger partial charge is 0.309 e.